The molecule has 0 aliphatic carbocycles. The Morgan fingerprint density at radius 3 is 2.33 bits per heavy atom. The highest BCUT2D eigenvalue weighted by atomic mass is 15.1. The molecule has 0 fully saturated rings. The number of aromatic nitrogens is 2. The molecular formula is C15H21N3. The van der Waals surface area contributed by atoms with E-state index in [-0.39, 0.29) is 12.1 Å². The summed E-state index contributed by atoms with van der Waals surface area (Å²) in [5.74, 6) is 0. The third-order valence-electron chi connectivity index (χ3n) is 3.59. The van der Waals surface area contributed by atoms with Crippen LogP contribution in [0.1, 0.15) is 35.5 Å². The smallest absolute Gasteiger partial charge is 0.0957 e. The fourth-order valence-corrected chi connectivity index (χ4v) is 2.40. The van der Waals surface area contributed by atoms with Crippen molar-refractivity contribution in [1.29, 1.82) is 0 Å². The molecule has 2 rings (SSSR count). The van der Waals surface area contributed by atoms with Crippen LogP contribution in [0.4, 0.5) is 0 Å². The van der Waals surface area contributed by atoms with Crippen molar-refractivity contribution in [3.05, 3.63) is 53.1 Å². The van der Waals surface area contributed by atoms with Crippen LogP contribution in [0.2, 0.25) is 0 Å². The van der Waals surface area contributed by atoms with Crippen molar-refractivity contribution < 1.29 is 0 Å². The number of imidazole rings is 1. The predicted octanol–water partition coefficient (Wildman–Crippen LogP) is 2.74. The normalized spacial score (nSPS) is 14.5. The molecule has 2 unspecified atom stereocenters. The Morgan fingerprint density at radius 1 is 1.17 bits per heavy atom. The molecule has 2 N–H and O–H groups in total. The lowest BCUT2D eigenvalue weighted by Gasteiger charge is -2.26. The summed E-state index contributed by atoms with van der Waals surface area (Å²) in [5, 5.41) is 0. The third-order valence-corrected chi connectivity index (χ3v) is 3.59. The summed E-state index contributed by atoms with van der Waals surface area (Å²) in [6.45, 7) is 8.30. The van der Waals surface area contributed by atoms with Gasteiger partial charge in [0, 0.05) is 11.7 Å². The third kappa shape index (κ3) is 2.18. The lowest BCUT2D eigenvalue weighted by atomic mass is 9.96. The molecule has 1 aromatic heterocycles. The molecule has 0 bridgehead atoms. The van der Waals surface area contributed by atoms with Gasteiger partial charge < -0.3 is 10.3 Å². The van der Waals surface area contributed by atoms with Crippen molar-refractivity contribution in [1.82, 2.24) is 9.55 Å². The van der Waals surface area contributed by atoms with Crippen molar-refractivity contribution >= 4 is 0 Å². The highest BCUT2D eigenvalue weighted by Gasteiger charge is 2.21. The number of hydrogen-bond donors (Lipinski definition) is 1. The van der Waals surface area contributed by atoms with Gasteiger partial charge in [0.05, 0.1) is 18.1 Å². The summed E-state index contributed by atoms with van der Waals surface area (Å²) >= 11 is 0. The van der Waals surface area contributed by atoms with Gasteiger partial charge in [-0.05, 0) is 38.8 Å². The molecule has 3 nitrogen and oxygen atoms in total. The van der Waals surface area contributed by atoms with Crippen molar-refractivity contribution in [2.75, 3.05) is 0 Å². The number of hydrogen-bond acceptors (Lipinski definition) is 2. The monoisotopic (exact) mass is 243 g/mol. The van der Waals surface area contributed by atoms with Crippen LogP contribution in [-0.2, 0) is 0 Å². The van der Waals surface area contributed by atoms with Crippen molar-refractivity contribution in [3.8, 4) is 0 Å². The van der Waals surface area contributed by atoms with E-state index in [4.69, 9.17) is 5.73 Å². The number of nitrogens with zero attached hydrogens (tertiary/aromatic N) is 2. The van der Waals surface area contributed by atoms with Crippen molar-refractivity contribution in [2.45, 2.75) is 39.8 Å². The van der Waals surface area contributed by atoms with Crippen LogP contribution in [0.5, 0.6) is 0 Å². The first-order valence-corrected chi connectivity index (χ1v) is 6.33. The van der Waals surface area contributed by atoms with Crippen LogP contribution in [0.15, 0.2) is 30.6 Å². The molecule has 0 radical (unpaired) electrons. The van der Waals surface area contributed by atoms with E-state index in [2.05, 4.69) is 47.7 Å². The minimum Gasteiger partial charge on any atom is -0.326 e. The Labute approximate surface area is 109 Å². The molecule has 3 heteroatoms. The van der Waals surface area contributed by atoms with Crippen LogP contribution in [0, 0.1) is 20.8 Å². The van der Waals surface area contributed by atoms with E-state index in [1.54, 1.807) is 0 Å². The SMILES string of the molecule is Cc1ccccc1C(C(C)N)n1cnc(C)c1C. The standard InChI is InChI=1S/C15H21N3/c1-10-7-5-6-8-14(10)15(11(2)16)18-9-17-12(3)13(18)4/h5-9,11,15H,16H2,1-4H3. The second kappa shape index (κ2) is 4.94. The second-order valence-electron chi connectivity index (χ2n) is 4.98. The van der Waals surface area contributed by atoms with Crippen molar-refractivity contribution in [3.63, 3.8) is 0 Å². The summed E-state index contributed by atoms with van der Waals surface area (Å²) in [7, 11) is 0. The van der Waals surface area contributed by atoms with E-state index in [1.807, 2.05) is 20.2 Å². The molecular weight excluding hydrogens is 222 g/mol. The molecule has 2 aromatic rings. The van der Waals surface area contributed by atoms with Gasteiger partial charge >= 0.3 is 0 Å². The van der Waals surface area contributed by atoms with Gasteiger partial charge in [0.15, 0.2) is 0 Å². The van der Waals surface area contributed by atoms with Gasteiger partial charge in [-0.1, -0.05) is 24.3 Å². The first-order chi connectivity index (χ1) is 8.52. The van der Waals surface area contributed by atoms with E-state index >= 15 is 0 Å². The Balaban J connectivity index is 2.54. The fourth-order valence-electron chi connectivity index (χ4n) is 2.40. The minimum absolute atomic E-state index is 0.0402. The summed E-state index contributed by atoms with van der Waals surface area (Å²) in [5.41, 5.74) is 11.0. The van der Waals surface area contributed by atoms with Crippen molar-refractivity contribution in [2.24, 2.45) is 5.73 Å². The molecule has 0 saturated heterocycles. The van der Waals surface area contributed by atoms with Crippen LogP contribution < -0.4 is 5.73 Å². The quantitative estimate of drug-likeness (QED) is 0.900. The summed E-state index contributed by atoms with van der Waals surface area (Å²) in [4.78, 5) is 4.38. The topological polar surface area (TPSA) is 43.8 Å². The van der Waals surface area contributed by atoms with Crippen LogP contribution in [0.3, 0.4) is 0 Å². The Kier molecular flexibility index (Phi) is 3.53. The maximum absolute atomic E-state index is 6.20. The molecule has 0 spiro atoms. The molecule has 96 valence electrons. The molecule has 0 aliphatic rings. The Hall–Kier alpha value is -1.61. The maximum Gasteiger partial charge on any atom is 0.0957 e. The molecule has 18 heavy (non-hydrogen) atoms. The zero-order valence-corrected chi connectivity index (χ0v) is 11.5. The van der Waals surface area contributed by atoms with E-state index in [9.17, 15) is 0 Å². The van der Waals surface area contributed by atoms with E-state index in [1.165, 1.54) is 16.8 Å². The highest BCUT2D eigenvalue weighted by Crippen LogP contribution is 2.26. The lowest BCUT2D eigenvalue weighted by molar-refractivity contribution is 0.485. The van der Waals surface area contributed by atoms with E-state index < -0.39 is 0 Å². The van der Waals surface area contributed by atoms with Crippen LogP contribution >= 0.6 is 0 Å². The molecule has 0 amide bonds. The molecule has 0 saturated carbocycles. The van der Waals surface area contributed by atoms with Gasteiger partial charge in [0.25, 0.3) is 0 Å². The van der Waals surface area contributed by atoms with Gasteiger partial charge in [-0.2, -0.15) is 0 Å². The molecule has 1 heterocycles. The summed E-state index contributed by atoms with van der Waals surface area (Å²) in [6, 6.07) is 8.59. The van der Waals surface area contributed by atoms with Crippen LogP contribution in [-0.4, -0.2) is 15.6 Å². The lowest BCUT2D eigenvalue weighted by Crippen LogP contribution is -2.31. The highest BCUT2D eigenvalue weighted by molar-refractivity contribution is 5.31. The fraction of sp³-hybridized carbons (Fsp3) is 0.400. The van der Waals surface area contributed by atoms with Gasteiger partial charge in [-0.3, -0.25) is 0 Å². The number of nitrogens with two attached hydrogens (primary N) is 1. The van der Waals surface area contributed by atoms with Gasteiger partial charge in [-0.15, -0.1) is 0 Å². The molecule has 1 aromatic carbocycles. The zero-order chi connectivity index (χ0) is 13.3. The number of benzene rings is 1. The summed E-state index contributed by atoms with van der Waals surface area (Å²) < 4.78 is 2.18. The Bertz CT molecular complexity index is 540. The largest absolute Gasteiger partial charge is 0.326 e. The zero-order valence-electron chi connectivity index (χ0n) is 11.5. The van der Waals surface area contributed by atoms with E-state index in [0.29, 0.717) is 0 Å². The van der Waals surface area contributed by atoms with E-state index in [0.717, 1.165) is 5.69 Å². The minimum atomic E-state index is 0.0402. The van der Waals surface area contributed by atoms with Gasteiger partial charge in [0.2, 0.25) is 0 Å². The second-order valence-corrected chi connectivity index (χ2v) is 4.98. The number of aryl methyl sites for hydroxylation is 2. The maximum atomic E-state index is 6.20. The summed E-state index contributed by atoms with van der Waals surface area (Å²) in [6.07, 6.45) is 1.89. The Morgan fingerprint density at radius 2 is 1.83 bits per heavy atom. The predicted molar refractivity (Wildman–Crippen MR) is 74.7 cm³/mol. The first-order valence-electron chi connectivity index (χ1n) is 6.33. The number of rotatable bonds is 3. The van der Waals surface area contributed by atoms with Crippen LogP contribution in [0.25, 0.3) is 0 Å². The average molecular weight is 243 g/mol. The van der Waals surface area contributed by atoms with Gasteiger partial charge in [-0.25, -0.2) is 4.98 Å². The first kappa shape index (κ1) is 12.8. The molecule has 0 aliphatic heterocycles. The average Bonchev–Trinajstić information content (AvgIpc) is 2.64. The molecule has 2 atom stereocenters. The van der Waals surface area contributed by atoms with Gasteiger partial charge in [0.1, 0.15) is 0 Å².